The molecule has 2 aliphatic heterocycles. The smallest absolute Gasteiger partial charge is 0.325 e. The molecule has 0 aromatic rings. The van der Waals surface area contributed by atoms with Crippen LogP contribution in [0.2, 0.25) is 0 Å². The SMILES string of the molecule is CCCN1CCN(CCOC(=O)CNC(=O)C2CC(O)CC(O)O2)CC1. The fourth-order valence-corrected chi connectivity index (χ4v) is 3.21. The largest absolute Gasteiger partial charge is 0.463 e. The number of hydrogen-bond acceptors (Lipinski definition) is 8. The Labute approximate surface area is 154 Å². The Bertz CT molecular complexity index is 446. The van der Waals surface area contributed by atoms with E-state index in [-0.39, 0.29) is 19.4 Å². The highest BCUT2D eigenvalue weighted by molar-refractivity contribution is 5.85. The number of rotatable bonds is 8. The summed E-state index contributed by atoms with van der Waals surface area (Å²) in [6, 6.07) is 0. The Morgan fingerprint density at radius 1 is 1.12 bits per heavy atom. The molecule has 0 saturated carbocycles. The van der Waals surface area contributed by atoms with E-state index in [4.69, 9.17) is 9.47 Å². The Hall–Kier alpha value is -1.26. The Morgan fingerprint density at radius 3 is 2.38 bits per heavy atom. The van der Waals surface area contributed by atoms with Gasteiger partial charge in [-0.15, -0.1) is 0 Å². The van der Waals surface area contributed by atoms with Crippen LogP contribution in [-0.2, 0) is 19.1 Å². The molecule has 2 saturated heterocycles. The summed E-state index contributed by atoms with van der Waals surface area (Å²) in [4.78, 5) is 28.3. The van der Waals surface area contributed by atoms with E-state index in [1.165, 1.54) is 0 Å². The molecule has 26 heavy (non-hydrogen) atoms. The molecular weight excluding hydrogens is 342 g/mol. The summed E-state index contributed by atoms with van der Waals surface area (Å²) in [5.41, 5.74) is 0. The summed E-state index contributed by atoms with van der Waals surface area (Å²) >= 11 is 0. The lowest BCUT2D eigenvalue weighted by molar-refractivity contribution is -0.194. The van der Waals surface area contributed by atoms with Gasteiger partial charge < -0.3 is 29.9 Å². The minimum Gasteiger partial charge on any atom is -0.463 e. The molecule has 0 bridgehead atoms. The molecule has 2 aliphatic rings. The summed E-state index contributed by atoms with van der Waals surface area (Å²) in [7, 11) is 0. The molecule has 150 valence electrons. The third-order valence-corrected chi connectivity index (χ3v) is 4.66. The monoisotopic (exact) mass is 373 g/mol. The standard InChI is InChI=1S/C17H31N3O6/c1-2-3-19-4-6-20(7-5-19)8-9-25-16(23)12-18-17(24)14-10-13(21)11-15(22)26-14/h13-15,21-22H,2-12H2,1H3,(H,18,24). The first kappa shape index (κ1) is 21.0. The Morgan fingerprint density at radius 2 is 1.77 bits per heavy atom. The van der Waals surface area contributed by atoms with Crippen molar-refractivity contribution in [2.24, 2.45) is 0 Å². The number of ether oxygens (including phenoxy) is 2. The number of amides is 1. The van der Waals surface area contributed by atoms with Gasteiger partial charge in [-0.2, -0.15) is 0 Å². The first-order valence-corrected chi connectivity index (χ1v) is 9.37. The lowest BCUT2D eigenvalue weighted by atomic mass is 10.0. The second-order valence-corrected chi connectivity index (χ2v) is 6.83. The van der Waals surface area contributed by atoms with Crippen molar-refractivity contribution in [1.82, 2.24) is 15.1 Å². The van der Waals surface area contributed by atoms with Gasteiger partial charge in [-0.3, -0.25) is 14.5 Å². The average Bonchev–Trinajstić information content (AvgIpc) is 2.60. The van der Waals surface area contributed by atoms with Gasteiger partial charge in [0.05, 0.1) is 6.10 Å². The molecule has 0 aromatic heterocycles. The number of aliphatic hydroxyl groups is 2. The topological polar surface area (TPSA) is 112 Å². The van der Waals surface area contributed by atoms with E-state index in [0.717, 1.165) is 39.1 Å². The molecule has 0 aromatic carbocycles. The van der Waals surface area contributed by atoms with Gasteiger partial charge in [0.1, 0.15) is 19.3 Å². The zero-order valence-corrected chi connectivity index (χ0v) is 15.4. The maximum Gasteiger partial charge on any atom is 0.325 e. The minimum atomic E-state index is -1.17. The van der Waals surface area contributed by atoms with Crippen LogP contribution in [0.5, 0.6) is 0 Å². The van der Waals surface area contributed by atoms with Gasteiger partial charge in [-0.05, 0) is 13.0 Å². The van der Waals surface area contributed by atoms with Crippen LogP contribution in [0.3, 0.4) is 0 Å². The van der Waals surface area contributed by atoms with Crippen LogP contribution in [0.15, 0.2) is 0 Å². The number of nitrogens with zero attached hydrogens (tertiary/aromatic N) is 2. The highest BCUT2D eigenvalue weighted by Crippen LogP contribution is 2.18. The highest BCUT2D eigenvalue weighted by atomic mass is 16.6. The molecule has 0 spiro atoms. The van der Waals surface area contributed by atoms with Gasteiger partial charge in [0.15, 0.2) is 6.29 Å². The quantitative estimate of drug-likeness (QED) is 0.442. The fraction of sp³-hybridized carbons (Fsp3) is 0.882. The lowest BCUT2D eigenvalue weighted by Gasteiger charge is -2.34. The first-order chi connectivity index (χ1) is 12.5. The Kier molecular flexibility index (Phi) is 8.73. The fourth-order valence-electron chi connectivity index (χ4n) is 3.21. The number of aliphatic hydroxyl groups excluding tert-OH is 2. The van der Waals surface area contributed by atoms with Crippen LogP contribution in [0.25, 0.3) is 0 Å². The van der Waals surface area contributed by atoms with E-state index in [1.807, 2.05) is 0 Å². The van der Waals surface area contributed by atoms with Crippen LogP contribution >= 0.6 is 0 Å². The number of carbonyl (C=O) groups is 2. The molecule has 2 heterocycles. The molecule has 3 N–H and O–H groups in total. The molecule has 9 nitrogen and oxygen atoms in total. The lowest BCUT2D eigenvalue weighted by Crippen LogP contribution is -2.48. The molecule has 9 heteroatoms. The second kappa shape index (κ2) is 10.8. The van der Waals surface area contributed by atoms with Crippen molar-refractivity contribution < 1.29 is 29.3 Å². The molecule has 3 atom stereocenters. The van der Waals surface area contributed by atoms with Crippen molar-refractivity contribution in [3.05, 3.63) is 0 Å². The van der Waals surface area contributed by atoms with E-state index >= 15 is 0 Å². The molecule has 2 fully saturated rings. The first-order valence-electron chi connectivity index (χ1n) is 9.37. The van der Waals surface area contributed by atoms with Crippen LogP contribution < -0.4 is 5.32 Å². The summed E-state index contributed by atoms with van der Waals surface area (Å²) < 4.78 is 10.2. The number of carbonyl (C=O) groups excluding carboxylic acids is 2. The van der Waals surface area contributed by atoms with Crippen molar-refractivity contribution >= 4 is 11.9 Å². The molecule has 0 aliphatic carbocycles. The van der Waals surface area contributed by atoms with Gasteiger partial charge in [0.25, 0.3) is 0 Å². The van der Waals surface area contributed by atoms with Gasteiger partial charge >= 0.3 is 5.97 Å². The van der Waals surface area contributed by atoms with Gasteiger partial charge in [-0.1, -0.05) is 6.92 Å². The van der Waals surface area contributed by atoms with E-state index in [2.05, 4.69) is 22.0 Å². The van der Waals surface area contributed by atoms with Crippen LogP contribution in [0.4, 0.5) is 0 Å². The minimum absolute atomic E-state index is 0.0819. The Balaban J connectivity index is 1.56. The van der Waals surface area contributed by atoms with Gasteiger partial charge in [0, 0.05) is 45.6 Å². The van der Waals surface area contributed by atoms with E-state index in [9.17, 15) is 19.8 Å². The predicted molar refractivity (Wildman–Crippen MR) is 93.3 cm³/mol. The highest BCUT2D eigenvalue weighted by Gasteiger charge is 2.32. The maximum absolute atomic E-state index is 11.9. The van der Waals surface area contributed by atoms with E-state index in [0.29, 0.717) is 13.2 Å². The molecule has 0 radical (unpaired) electrons. The zero-order chi connectivity index (χ0) is 18.9. The van der Waals surface area contributed by atoms with Crippen LogP contribution in [0, 0.1) is 0 Å². The normalized spacial score (nSPS) is 27.9. The number of esters is 1. The maximum atomic E-state index is 11.9. The second-order valence-electron chi connectivity index (χ2n) is 6.83. The molecule has 3 unspecified atom stereocenters. The van der Waals surface area contributed by atoms with Crippen molar-refractivity contribution in [3.63, 3.8) is 0 Å². The predicted octanol–water partition coefficient (Wildman–Crippen LogP) is -1.47. The average molecular weight is 373 g/mol. The van der Waals surface area contributed by atoms with Crippen molar-refractivity contribution in [1.29, 1.82) is 0 Å². The molecule has 2 rings (SSSR count). The summed E-state index contributed by atoms with van der Waals surface area (Å²) in [6.07, 6.45) is -1.58. The molecular formula is C17H31N3O6. The number of piperazine rings is 1. The van der Waals surface area contributed by atoms with Crippen molar-refractivity contribution in [3.8, 4) is 0 Å². The summed E-state index contributed by atoms with van der Waals surface area (Å²) in [5.74, 6) is -1.05. The van der Waals surface area contributed by atoms with Crippen molar-refractivity contribution in [2.45, 2.75) is 44.7 Å². The van der Waals surface area contributed by atoms with Crippen molar-refractivity contribution in [2.75, 3.05) is 52.4 Å². The van der Waals surface area contributed by atoms with E-state index in [1.54, 1.807) is 0 Å². The van der Waals surface area contributed by atoms with Gasteiger partial charge in [-0.25, -0.2) is 0 Å². The number of nitrogens with one attached hydrogen (secondary N) is 1. The third-order valence-electron chi connectivity index (χ3n) is 4.66. The van der Waals surface area contributed by atoms with Crippen LogP contribution in [0.1, 0.15) is 26.2 Å². The number of hydrogen-bond donors (Lipinski definition) is 3. The van der Waals surface area contributed by atoms with E-state index < -0.39 is 30.4 Å². The summed E-state index contributed by atoms with van der Waals surface area (Å²) in [6.45, 7) is 8.04. The van der Waals surface area contributed by atoms with Crippen LogP contribution in [-0.4, -0.2) is 103 Å². The van der Waals surface area contributed by atoms with Gasteiger partial charge in [0.2, 0.25) is 5.91 Å². The summed E-state index contributed by atoms with van der Waals surface area (Å²) in [5, 5.41) is 21.4. The zero-order valence-electron chi connectivity index (χ0n) is 15.4. The third kappa shape index (κ3) is 7.16. The molecule has 1 amide bonds.